The number of nitrogens with zero attached hydrogens (tertiary/aromatic N) is 4. The minimum Gasteiger partial charge on any atom is -0.493 e. The van der Waals surface area contributed by atoms with Gasteiger partial charge in [-0.2, -0.15) is 9.78 Å². The van der Waals surface area contributed by atoms with Gasteiger partial charge < -0.3 is 4.74 Å². The third-order valence-corrected chi connectivity index (χ3v) is 5.35. The molecule has 3 aromatic rings. The third kappa shape index (κ3) is 5.94. The largest absolute Gasteiger partial charge is 0.493 e. The molecule has 0 saturated carbocycles. The summed E-state index contributed by atoms with van der Waals surface area (Å²) in [6.07, 6.45) is 1.81. The Morgan fingerprint density at radius 3 is 2.50 bits per heavy atom. The van der Waals surface area contributed by atoms with Crippen LogP contribution in [0.5, 0.6) is 5.75 Å². The molecule has 0 atom stereocenters. The maximum Gasteiger partial charge on any atom is 0.212 e. The van der Waals surface area contributed by atoms with Gasteiger partial charge in [-0.3, -0.25) is 0 Å². The first-order chi connectivity index (χ1) is 13.5. The van der Waals surface area contributed by atoms with Crippen molar-refractivity contribution in [1.82, 2.24) is 14.9 Å². The van der Waals surface area contributed by atoms with E-state index in [0.29, 0.717) is 12.5 Å². The van der Waals surface area contributed by atoms with Crippen LogP contribution in [-0.2, 0) is 5.75 Å². The molecule has 0 aliphatic carbocycles. The van der Waals surface area contributed by atoms with Gasteiger partial charge in [0, 0.05) is 10.2 Å². The second-order valence-electron chi connectivity index (χ2n) is 6.78. The van der Waals surface area contributed by atoms with E-state index >= 15 is 0 Å². The van der Waals surface area contributed by atoms with E-state index in [2.05, 4.69) is 57.2 Å². The van der Waals surface area contributed by atoms with Gasteiger partial charge in [0.05, 0.1) is 12.8 Å². The zero-order valence-electron chi connectivity index (χ0n) is 16.2. The molecule has 0 N–H and O–H groups in total. The van der Waals surface area contributed by atoms with Gasteiger partial charge in [0.1, 0.15) is 5.75 Å². The molecular weight excluding hydrogens is 436 g/mol. The van der Waals surface area contributed by atoms with Gasteiger partial charge in [-0.15, -0.1) is 10.2 Å². The molecule has 146 valence electrons. The average molecular weight is 459 g/mol. The molecule has 1 heterocycles. The topological polar surface area (TPSA) is 52.3 Å². The van der Waals surface area contributed by atoms with Crippen LogP contribution in [0.15, 0.2) is 63.3 Å². The Hall–Kier alpha value is -2.12. The fraction of sp³-hybridized carbons (Fsp3) is 0.286. The monoisotopic (exact) mass is 458 g/mol. The van der Waals surface area contributed by atoms with Crippen molar-refractivity contribution in [3.05, 3.63) is 70.0 Å². The van der Waals surface area contributed by atoms with E-state index in [0.717, 1.165) is 32.5 Å². The van der Waals surface area contributed by atoms with Crippen LogP contribution in [-0.4, -0.2) is 27.7 Å². The normalized spacial score (nSPS) is 11.5. The summed E-state index contributed by atoms with van der Waals surface area (Å²) < 4.78 is 8.56. The summed E-state index contributed by atoms with van der Waals surface area (Å²) in [4.78, 5) is 0. The van der Waals surface area contributed by atoms with Crippen molar-refractivity contribution in [2.75, 3.05) is 6.61 Å². The summed E-state index contributed by atoms with van der Waals surface area (Å²) in [5.74, 6) is 2.94. The Morgan fingerprint density at radius 1 is 1.11 bits per heavy atom. The molecule has 3 rings (SSSR count). The van der Waals surface area contributed by atoms with Crippen LogP contribution in [0.3, 0.4) is 0 Å². The lowest BCUT2D eigenvalue weighted by molar-refractivity contribution is 0.271. The zero-order chi connectivity index (χ0) is 19.9. The van der Waals surface area contributed by atoms with Gasteiger partial charge in [0.25, 0.3) is 0 Å². The summed E-state index contributed by atoms with van der Waals surface area (Å²) in [6, 6.07) is 16.2. The molecule has 28 heavy (non-hydrogen) atoms. The lowest BCUT2D eigenvalue weighted by Gasteiger charge is -2.08. The average Bonchev–Trinajstić information content (AvgIpc) is 3.04. The number of hydrogen-bond acceptors (Lipinski definition) is 5. The molecule has 0 spiro atoms. The van der Waals surface area contributed by atoms with E-state index in [4.69, 9.17) is 4.74 Å². The third-order valence-electron chi connectivity index (χ3n) is 3.83. The van der Waals surface area contributed by atoms with Gasteiger partial charge in [-0.1, -0.05) is 53.7 Å². The number of halogens is 1. The number of rotatable bonds is 8. The van der Waals surface area contributed by atoms with Crippen molar-refractivity contribution < 1.29 is 4.74 Å². The maximum absolute atomic E-state index is 5.72. The SMILES string of the molecule is Cc1nnc(SCc2ccc(Br)cc2)n1/N=C\c1ccc(OCC(C)C)cc1. The molecule has 0 aliphatic heterocycles. The van der Waals surface area contributed by atoms with E-state index < -0.39 is 0 Å². The Morgan fingerprint density at radius 2 is 1.82 bits per heavy atom. The number of thioether (sulfide) groups is 1. The van der Waals surface area contributed by atoms with Gasteiger partial charge >= 0.3 is 0 Å². The molecule has 0 bridgehead atoms. The molecule has 0 saturated heterocycles. The molecule has 1 aromatic heterocycles. The predicted octanol–water partition coefficient (Wildman–Crippen LogP) is 5.56. The minimum absolute atomic E-state index is 0.506. The van der Waals surface area contributed by atoms with Gasteiger partial charge in [0.15, 0.2) is 5.82 Å². The molecule has 0 amide bonds. The first kappa shape index (κ1) is 20.6. The van der Waals surface area contributed by atoms with E-state index in [1.165, 1.54) is 5.56 Å². The smallest absolute Gasteiger partial charge is 0.212 e. The second-order valence-corrected chi connectivity index (χ2v) is 8.63. The van der Waals surface area contributed by atoms with Crippen molar-refractivity contribution in [2.45, 2.75) is 31.7 Å². The van der Waals surface area contributed by atoms with Crippen LogP contribution in [0.25, 0.3) is 0 Å². The quantitative estimate of drug-likeness (QED) is 0.327. The standard InChI is InChI=1S/C21H23BrN4OS/c1-15(2)13-27-20-10-6-17(7-11-20)12-23-26-16(3)24-25-21(26)28-14-18-4-8-19(22)9-5-18/h4-12,15H,13-14H2,1-3H3/b23-12-. The molecule has 7 heteroatoms. The number of benzene rings is 2. The van der Waals surface area contributed by atoms with Crippen LogP contribution in [0.4, 0.5) is 0 Å². The first-order valence-electron chi connectivity index (χ1n) is 9.08. The van der Waals surface area contributed by atoms with Crippen molar-refractivity contribution >= 4 is 33.9 Å². The highest BCUT2D eigenvalue weighted by Gasteiger charge is 2.09. The minimum atomic E-state index is 0.506. The Kier molecular flexibility index (Phi) is 7.28. The molecule has 0 unspecified atom stereocenters. The lowest BCUT2D eigenvalue weighted by atomic mass is 10.2. The fourth-order valence-corrected chi connectivity index (χ4v) is 3.48. The molecule has 5 nitrogen and oxygen atoms in total. The van der Waals surface area contributed by atoms with Crippen molar-refractivity contribution in [3.8, 4) is 5.75 Å². The van der Waals surface area contributed by atoms with E-state index in [1.807, 2.05) is 49.5 Å². The highest BCUT2D eigenvalue weighted by atomic mass is 79.9. The zero-order valence-corrected chi connectivity index (χ0v) is 18.6. The number of ether oxygens (including phenoxy) is 1. The van der Waals surface area contributed by atoms with Crippen LogP contribution in [0.2, 0.25) is 0 Å². The van der Waals surface area contributed by atoms with Crippen molar-refractivity contribution in [3.63, 3.8) is 0 Å². The first-order valence-corrected chi connectivity index (χ1v) is 10.9. The highest BCUT2D eigenvalue weighted by molar-refractivity contribution is 9.10. The Bertz CT molecular complexity index is 921. The van der Waals surface area contributed by atoms with Gasteiger partial charge in [-0.05, 0) is 60.4 Å². The summed E-state index contributed by atoms with van der Waals surface area (Å²) >= 11 is 5.07. The lowest BCUT2D eigenvalue weighted by Crippen LogP contribution is -2.04. The molecule has 0 fully saturated rings. The Labute approximate surface area is 178 Å². The maximum atomic E-state index is 5.72. The number of aryl methyl sites for hydroxylation is 1. The predicted molar refractivity (Wildman–Crippen MR) is 118 cm³/mol. The van der Waals surface area contributed by atoms with Crippen LogP contribution < -0.4 is 4.74 Å². The van der Waals surface area contributed by atoms with Crippen molar-refractivity contribution in [1.29, 1.82) is 0 Å². The van der Waals surface area contributed by atoms with Crippen LogP contribution in [0.1, 0.15) is 30.8 Å². The Balaban J connectivity index is 1.65. The van der Waals surface area contributed by atoms with Crippen LogP contribution in [0, 0.1) is 12.8 Å². The number of aromatic nitrogens is 3. The van der Waals surface area contributed by atoms with Crippen LogP contribution >= 0.6 is 27.7 Å². The van der Waals surface area contributed by atoms with E-state index in [9.17, 15) is 0 Å². The molecule has 2 aromatic carbocycles. The second kappa shape index (κ2) is 9.89. The van der Waals surface area contributed by atoms with Crippen molar-refractivity contribution in [2.24, 2.45) is 11.0 Å². The van der Waals surface area contributed by atoms with Gasteiger partial charge in [0.2, 0.25) is 5.16 Å². The summed E-state index contributed by atoms with van der Waals surface area (Å²) in [7, 11) is 0. The number of hydrogen-bond donors (Lipinski definition) is 0. The van der Waals surface area contributed by atoms with E-state index in [1.54, 1.807) is 16.4 Å². The molecule has 0 radical (unpaired) electrons. The highest BCUT2D eigenvalue weighted by Crippen LogP contribution is 2.23. The summed E-state index contributed by atoms with van der Waals surface area (Å²) in [6.45, 7) is 6.88. The van der Waals surface area contributed by atoms with Gasteiger partial charge in [-0.25, -0.2) is 0 Å². The summed E-state index contributed by atoms with van der Waals surface area (Å²) in [5, 5.41) is 13.7. The molecular formula is C21H23BrN4OS. The molecule has 0 aliphatic rings. The fourth-order valence-electron chi connectivity index (χ4n) is 2.33. The summed E-state index contributed by atoms with van der Waals surface area (Å²) in [5.41, 5.74) is 2.22. The van der Waals surface area contributed by atoms with E-state index in [-0.39, 0.29) is 0 Å².